The van der Waals surface area contributed by atoms with E-state index < -0.39 is 0 Å². The number of amides is 1. The lowest BCUT2D eigenvalue weighted by molar-refractivity contribution is 0.0786. The first-order valence-electron chi connectivity index (χ1n) is 8.71. The van der Waals surface area contributed by atoms with E-state index in [9.17, 15) is 4.79 Å². The number of benzene rings is 1. The van der Waals surface area contributed by atoms with E-state index in [0.717, 1.165) is 22.6 Å². The van der Waals surface area contributed by atoms with E-state index >= 15 is 0 Å². The van der Waals surface area contributed by atoms with Crippen LogP contribution in [0.4, 0.5) is 0 Å². The summed E-state index contributed by atoms with van der Waals surface area (Å²) in [5, 5.41) is 6.76. The molecule has 2 aromatic heterocycles. The minimum Gasteiger partial charge on any atom is -0.489 e. The Bertz CT molecular complexity index is 935. The molecule has 5 nitrogen and oxygen atoms in total. The van der Waals surface area contributed by atoms with Crippen LogP contribution in [0.25, 0.3) is 0 Å². The SMILES string of the molecule is CCn1ncc(Cl)c1CN(C)C(=O)c1cc(COc2ccccc2C)cs1. The molecular formula is C20H22ClN3O2S. The fraction of sp³-hybridized carbons (Fsp3) is 0.300. The molecule has 27 heavy (non-hydrogen) atoms. The van der Waals surface area contributed by atoms with Gasteiger partial charge in [0.05, 0.1) is 28.3 Å². The number of aryl methyl sites for hydroxylation is 2. The maximum Gasteiger partial charge on any atom is 0.264 e. The van der Waals surface area contributed by atoms with Gasteiger partial charge in [0.1, 0.15) is 12.4 Å². The quantitative estimate of drug-likeness (QED) is 0.570. The van der Waals surface area contributed by atoms with Gasteiger partial charge >= 0.3 is 0 Å². The molecule has 0 spiro atoms. The number of halogens is 1. The monoisotopic (exact) mass is 403 g/mol. The van der Waals surface area contributed by atoms with Crippen molar-refractivity contribution in [2.45, 2.75) is 33.5 Å². The molecule has 2 heterocycles. The highest BCUT2D eigenvalue weighted by Crippen LogP contribution is 2.23. The van der Waals surface area contributed by atoms with Gasteiger partial charge in [-0.2, -0.15) is 5.10 Å². The standard InChI is InChI=1S/C20H22ClN3O2S/c1-4-24-17(16(21)10-22-24)11-23(3)20(25)19-9-15(13-27-19)12-26-18-8-6-5-7-14(18)2/h5-10,13H,4,11-12H2,1-3H3. The number of thiophene rings is 1. The molecule has 0 atom stereocenters. The summed E-state index contributed by atoms with van der Waals surface area (Å²) in [5.74, 6) is 0.818. The molecule has 0 radical (unpaired) electrons. The third-order valence-electron chi connectivity index (χ3n) is 4.28. The number of carbonyl (C=O) groups is 1. The van der Waals surface area contributed by atoms with Crippen LogP contribution in [0.1, 0.15) is 33.4 Å². The number of nitrogens with zero attached hydrogens (tertiary/aromatic N) is 3. The zero-order valence-corrected chi connectivity index (χ0v) is 17.2. The molecule has 1 amide bonds. The lowest BCUT2D eigenvalue weighted by Gasteiger charge is -2.17. The van der Waals surface area contributed by atoms with E-state index in [4.69, 9.17) is 16.3 Å². The molecule has 7 heteroatoms. The smallest absolute Gasteiger partial charge is 0.264 e. The third kappa shape index (κ3) is 4.51. The lowest BCUT2D eigenvalue weighted by atomic mass is 10.2. The van der Waals surface area contributed by atoms with Crippen molar-refractivity contribution in [2.75, 3.05) is 7.05 Å². The average Bonchev–Trinajstić information content (AvgIpc) is 3.27. The van der Waals surface area contributed by atoms with E-state index in [1.807, 2.05) is 54.2 Å². The summed E-state index contributed by atoms with van der Waals surface area (Å²) in [6, 6.07) is 9.78. The second-order valence-corrected chi connectivity index (χ2v) is 7.61. The highest BCUT2D eigenvalue weighted by atomic mass is 35.5. The Morgan fingerprint density at radius 1 is 1.37 bits per heavy atom. The second-order valence-electron chi connectivity index (χ2n) is 6.29. The summed E-state index contributed by atoms with van der Waals surface area (Å²) < 4.78 is 7.67. The van der Waals surface area contributed by atoms with Crippen LogP contribution in [0.15, 0.2) is 41.9 Å². The largest absolute Gasteiger partial charge is 0.489 e. The number of carbonyl (C=O) groups excluding carboxylic acids is 1. The third-order valence-corrected chi connectivity index (χ3v) is 5.57. The van der Waals surface area contributed by atoms with Crippen molar-refractivity contribution >= 4 is 28.8 Å². The molecule has 0 aliphatic rings. The van der Waals surface area contributed by atoms with Crippen LogP contribution in [0.5, 0.6) is 5.75 Å². The number of hydrogen-bond donors (Lipinski definition) is 0. The van der Waals surface area contributed by atoms with Crippen molar-refractivity contribution in [3.8, 4) is 5.75 Å². The predicted molar refractivity (Wildman–Crippen MR) is 109 cm³/mol. The van der Waals surface area contributed by atoms with E-state index in [2.05, 4.69) is 5.10 Å². The molecule has 0 saturated carbocycles. The van der Waals surface area contributed by atoms with Gasteiger partial charge in [-0.1, -0.05) is 29.8 Å². The van der Waals surface area contributed by atoms with Crippen molar-refractivity contribution in [3.63, 3.8) is 0 Å². The molecule has 0 N–H and O–H groups in total. The minimum absolute atomic E-state index is 0.0398. The molecular weight excluding hydrogens is 382 g/mol. The van der Waals surface area contributed by atoms with E-state index in [-0.39, 0.29) is 5.91 Å². The summed E-state index contributed by atoms with van der Waals surface area (Å²) in [5.41, 5.74) is 2.92. The van der Waals surface area contributed by atoms with Crippen LogP contribution < -0.4 is 4.74 Å². The van der Waals surface area contributed by atoms with Crippen LogP contribution in [-0.2, 0) is 19.7 Å². The van der Waals surface area contributed by atoms with Gasteiger partial charge in [0.2, 0.25) is 0 Å². The first-order valence-corrected chi connectivity index (χ1v) is 9.96. The zero-order chi connectivity index (χ0) is 19.4. The topological polar surface area (TPSA) is 47.4 Å². The number of hydrogen-bond acceptors (Lipinski definition) is 4. The summed E-state index contributed by atoms with van der Waals surface area (Å²) in [6.07, 6.45) is 1.62. The van der Waals surface area contributed by atoms with Gasteiger partial charge in [-0.25, -0.2) is 0 Å². The van der Waals surface area contributed by atoms with E-state index in [1.165, 1.54) is 11.3 Å². The number of aromatic nitrogens is 2. The summed E-state index contributed by atoms with van der Waals surface area (Å²) >= 11 is 7.63. The van der Waals surface area contributed by atoms with Gasteiger partial charge in [-0.15, -0.1) is 11.3 Å². The maximum atomic E-state index is 12.7. The van der Waals surface area contributed by atoms with Crippen LogP contribution in [-0.4, -0.2) is 27.6 Å². The van der Waals surface area contributed by atoms with Crippen LogP contribution >= 0.6 is 22.9 Å². The molecule has 0 aliphatic heterocycles. The maximum absolute atomic E-state index is 12.7. The normalized spacial score (nSPS) is 10.8. The molecule has 3 aromatic rings. The molecule has 0 aliphatic carbocycles. The van der Waals surface area contributed by atoms with Crippen molar-refractivity contribution in [1.29, 1.82) is 0 Å². The Morgan fingerprint density at radius 2 is 2.15 bits per heavy atom. The first-order chi connectivity index (χ1) is 13.0. The molecule has 0 bridgehead atoms. The highest BCUT2D eigenvalue weighted by Gasteiger charge is 2.18. The summed E-state index contributed by atoms with van der Waals surface area (Å²) in [6.45, 7) is 5.57. The Morgan fingerprint density at radius 3 is 2.89 bits per heavy atom. The number of para-hydroxylation sites is 1. The molecule has 142 valence electrons. The lowest BCUT2D eigenvalue weighted by Crippen LogP contribution is -2.27. The van der Waals surface area contributed by atoms with Crippen molar-refractivity contribution < 1.29 is 9.53 Å². The van der Waals surface area contributed by atoms with Gasteiger partial charge in [0.25, 0.3) is 5.91 Å². The first kappa shape index (κ1) is 19.5. The van der Waals surface area contributed by atoms with Gasteiger partial charge in [0, 0.05) is 19.2 Å². The van der Waals surface area contributed by atoms with E-state index in [1.54, 1.807) is 18.1 Å². The summed E-state index contributed by atoms with van der Waals surface area (Å²) in [4.78, 5) is 15.1. The Kier molecular flexibility index (Phi) is 6.19. The van der Waals surface area contributed by atoms with Crippen molar-refractivity contribution in [2.24, 2.45) is 0 Å². The zero-order valence-electron chi connectivity index (χ0n) is 15.6. The van der Waals surface area contributed by atoms with Crippen molar-refractivity contribution in [3.05, 3.63) is 68.6 Å². The predicted octanol–water partition coefficient (Wildman–Crippen LogP) is 4.78. The molecule has 0 unspecified atom stereocenters. The molecule has 3 rings (SSSR count). The van der Waals surface area contributed by atoms with Gasteiger partial charge in [0.15, 0.2) is 0 Å². The molecule has 0 fully saturated rings. The van der Waals surface area contributed by atoms with E-state index in [0.29, 0.717) is 29.6 Å². The molecule has 0 saturated heterocycles. The Hall–Kier alpha value is -2.31. The second kappa shape index (κ2) is 8.59. The fourth-order valence-corrected chi connectivity index (χ4v) is 3.84. The van der Waals surface area contributed by atoms with Crippen molar-refractivity contribution in [1.82, 2.24) is 14.7 Å². The average molecular weight is 404 g/mol. The minimum atomic E-state index is -0.0398. The van der Waals surface area contributed by atoms with Gasteiger partial charge in [-0.3, -0.25) is 9.48 Å². The van der Waals surface area contributed by atoms with Gasteiger partial charge in [-0.05, 0) is 36.9 Å². The molecule has 1 aromatic carbocycles. The number of rotatable bonds is 7. The van der Waals surface area contributed by atoms with Gasteiger partial charge < -0.3 is 9.64 Å². The van der Waals surface area contributed by atoms with Crippen LogP contribution in [0.3, 0.4) is 0 Å². The highest BCUT2D eigenvalue weighted by molar-refractivity contribution is 7.12. The fourth-order valence-electron chi connectivity index (χ4n) is 2.74. The number of ether oxygens (including phenoxy) is 1. The van der Waals surface area contributed by atoms with Crippen LogP contribution in [0, 0.1) is 6.92 Å². The van der Waals surface area contributed by atoms with Crippen LogP contribution in [0.2, 0.25) is 5.02 Å². The summed E-state index contributed by atoms with van der Waals surface area (Å²) in [7, 11) is 1.77. The Balaban J connectivity index is 1.64. The Labute approximate surface area is 168 Å².